The molecule has 8 heteroatoms. The molecule has 0 aliphatic rings. The third kappa shape index (κ3) is 2.62. The molecule has 128 valence electrons. The van der Waals surface area contributed by atoms with Crippen LogP contribution in [0.4, 0.5) is 8.78 Å². The van der Waals surface area contributed by atoms with E-state index in [9.17, 15) is 13.6 Å². The lowest BCUT2D eigenvalue weighted by molar-refractivity contribution is 0.0711. The molecule has 0 saturated heterocycles. The second kappa shape index (κ2) is 6.03. The summed E-state index contributed by atoms with van der Waals surface area (Å²) >= 11 is 1.47. The van der Waals surface area contributed by atoms with E-state index in [1.165, 1.54) is 22.2 Å². The highest BCUT2D eigenvalue weighted by Gasteiger charge is 2.18. The maximum atomic E-state index is 13.5. The smallest absolute Gasteiger partial charge is 0.291 e. The molecule has 0 radical (unpaired) electrons. The van der Waals surface area contributed by atoms with Crippen LogP contribution in [-0.2, 0) is 13.0 Å². The van der Waals surface area contributed by atoms with Gasteiger partial charge in [-0.25, -0.2) is 9.97 Å². The third-order valence-electron chi connectivity index (χ3n) is 4.09. The molecule has 0 N–H and O–H groups in total. The fraction of sp³-hybridized carbons (Fsp3) is 0.235. The van der Waals surface area contributed by atoms with Gasteiger partial charge in [-0.3, -0.25) is 13.9 Å². The molecule has 25 heavy (non-hydrogen) atoms. The maximum Gasteiger partial charge on any atom is 0.320 e. The van der Waals surface area contributed by atoms with Crippen molar-refractivity contribution in [3.05, 3.63) is 57.7 Å². The Morgan fingerprint density at radius 2 is 2.08 bits per heavy atom. The van der Waals surface area contributed by atoms with E-state index in [-0.39, 0.29) is 17.9 Å². The van der Waals surface area contributed by atoms with Gasteiger partial charge in [0.1, 0.15) is 10.7 Å². The molecule has 0 aliphatic carbocycles. The van der Waals surface area contributed by atoms with Gasteiger partial charge >= 0.3 is 6.55 Å². The van der Waals surface area contributed by atoms with Crippen molar-refractivity contribution >= 4 is 32.6 Å². The summed E-state index contributed by atoms with van der Waals surface area (Å²) in [7, 11) is 0. The van der Waals surface area contributed by atoms with Crippen molar-refractivity contribution in [3.8, 4) is 0 Å². The van der Waals surface area contributed by atoms with Gasteiger partial charge in [-0.2, -0.15) is 8.78 Å². The van der Waals surface area contributed by atoms with Crippen molar-refractivity contribution in [1.82, 2.24) is 19.1 Å². The molecule has 0 fully saturated rings. The van der Waals surface area contributed by atoms with E-state index in [2.05, 4.69) is 9.97 Å². The number of fused-ring (bicyclic) bond motifs is 2. The summed E-state index contributed by atoms with van der Waals surface area (Å²) in [5.74, 6) is 0.130. The van der Waals surface area contributed by atoms with Crippen molar-refractivity contribution in [2.24, 2.45) is 0 Å². The molecule has 0 amide bonds. The average Bonchev–Trinajstić information content (AvgIpc) is 3.18. The van der Waals surface area contributed by atoms with Gasteiger partial charge < -0.3 is 0 Å². The number of hydrogen-bond acceptors (Lipinski definition) is 4. The molecule has 0 unspecified atom stereocenters. The molecular weight excluding hydrogens is 346 g/mol. The number of imidazole rings is 1. The highest BCUT2D eigenvalue weighted by molar-refractivity contribution is 7.18. The SMILES string of the molecule is CCc1cc2c(=O)n(Cc3nc4ccccc4n3C(F)F)cnc2s1. The number of nitrogens with zero attached hydrogens (tertiary/aromatic N) is 4. The van der Waals surface area contributed by atoms with Crippen LogP contribution in [0.1, 0.15) is 24.2 Å². The van der Waals surface area contributed by atoms with Crippen molar-refractivity contribution < 1.29 is 8.78 Å². The second-order valence-electron chi connectivity index (χ2n) is 5.63. The normalized spacial score (nSPS) is 11.8. The lowest BCUT2D eigenvalue weighted by Gasteiger charge is -2.09. The monoisotopic (exact) mass is 360 g/mol. The van der Waals surface area contributed by atoms with Crippen molar-refractivity contribution in [2.75, 3.05) is 0 Å². The predicted octanol–water partition coefficient (Wildman–Crippen LogP) is 3.81. The molecule has 3 heterocycles. The number of benzene rings is 1. The van der Waals surface area contributed by atoms with Gasteiger partial charge in [-0.15, -0.1) is 11.3 Å². The maximum absolute atomic E-state index is 13.5. The van der Waals surface area contributed by atoms with E-state index in [4.69, 9.17) is 0 Å². The Kier molecular flexibility index (Phi) is 3.84. The van der Waals surface area contributed by atoms with Gasteiger partial charge in [0.25, 0.3) is 5.56 Å². The van der Waals surface area contributed by atoms with E-state index < -0.39 is 6.55 Å². The van der Waals surface area contributed by atoms with Crippen LogP contribution >= 0.6 is 11.3 Å². The highest BCUT2D eigenvalue weighted by atomic mass is 32.1. The number of rotatable bonds is 4. The molecule has 3 aromatic heterocycles. The summed E-state index contributed by atoms with van der Waals surface area (Å²) in [6.07, 6.45) is 2.22. The van der Waals surface area contributed by atoms with Crippen LogP contribution in [0.2, 0.25) is 0 Å². The quantitative estimate of drug-likeness (QED) is 0.556. The molecule has 4 rings (SSSR count). The molecule has 5 nitrogen and oxygen atoms in total. The van der Waals surface area contributed by atoms with E-state index in [1.54, 1.807) is 24.3 Å². The molecule has 0 atom stereocenters. The molecule has 1 aromatic carbocycles. The molecule has 0 aliphatic heterocycles. The minimum absolute atomic E-state index is 0.0574. The summed E-state index contributed by atoms with van der Waals surface area (Å²) in [6.45, 7) is -0.783. The van der Waals surface area contributed by atoms with Gasteiger partial charge in [0.05, 0.1) is 29.3 Å². The van der Waals surface area contributed by atoms with Crippen molar-refractivity contribution in [3.63, 3.8) is 0 Å². The fourth-order valence-electron chi connectivity index (χ4n) is 2.87. The van der Waals surface area contributed by atoms with Gasteiger partial charge in [0, 0.05) is 4.88 Å². The number of thiophene rings is 1. The minimum atomic E-state index is -2.73. The van der Waals surface area contributed by atoms with Crippen LogP contribution in [0.25, 0.3) is 21.3 Å². The lowest BCUT2D eigenvalue weighted by Crippen LogP contribution is -2.22. The minimum Gasteiger partial charge on any atom is -0.291 e. The Bertz CT molecular complexity index is 1130. The molecule has 0 saturated carbocycles. The van der Waals surface area contributed by atoms with Crippen molar-refractivity contribution in [2.45, 2.75) is 26.4 Å². The first-order valence-electron chi connectivity index (χ1n) is 7.80. The van der Waals surface area contributed by atoms with E-state index in [1.807, 2.05) is 13.0 Å². The zero-order chi connectivity index (χ0) is 17.6. The summed E-state index contributed by atoms with van der Waals surface area (Å²) < 4.78 is 29.2. The Hall–Kier alpha value is -2.61. The van der Waals surface area contributed by atoms with E-state index in [0.717, 1.165) is 15.9 Å². The largest absolute Gasteiger partial charge is 0.320 e. The zero-order valence-corrected chi connectivity index (χ0v) is 14.1. The molecule has 0 spiro atoms. The third-order valence-corrected chi connectivity index (χ3v) is 5.28. The van der Waals surface area contributed by atoms with Gasteiger partial charge in [-0.05, 0) is 24.6 Å². The Morgan fingerprint density at radius 1 is 1.28 bits per heavy atom. The lowest BCUT2D eigenvalue weighted by atomic mass is 10.3. The van der Waals surface area contributed by atoms with E-state index >= 15 is 0 Å². The molecule has 4 aromatic rings. The van der Waals surface area contributed by atoms with Crippen LogP contribution in [-0.4, -0.2) is 19.1 Å². The van der Waals surface area contributed by atoms with Gasteiger partial charge in [0.15, 0.2) is 0 Å². The predicted molar refractivity (Wildman–Crippen MR) is 93.3 cm³/mol. The summed E-state index contributed by atoms with van der Waals surface area (Å²) in [6, 6.07) is 8.52. The Morgan fingerprint density at radius 3 is 2.84 bits per heavy atom. The van der Waals surface area contributed by atoms with Gasteiger partial charge in [0.2, 0.25) is 0 Å². The first-order chi connectivity index (χ1) is 12.1. The van der Waals surface area contributed by atoms with Crippen LogP contribution in [0.3, 0.4) is 0 Å². The summed E-state index contributed by atoms with van der Waals surface area (Å²) in [5.41, 5.74) is 0.580. The number of halogens is 2. The molecule has 0 bridgehead atoms. The zero-order valence-electron chi connectivity index (χ0n) is 13.3. The summed E-state index contributed by atoms with van der Waals surface area (Å²) in [5, 5.41) is 0.518. The highest BCUT2D eigenvalue weighted by Crippen LogP contribution is 2.24. The Balaban J connectivity index is 1.84. The van der Waals surface area contributed by atoms with Crippen LogP contribution in [0.15, 0.2) is 41.5 Å². The Labute approximate surface area is 145 Å². The fourth-order valence-corrected chi connectivity index (χ4v) is 3.80. The van der Waals surface area contributed by atoms with Gasteiger partial charge in [-0.1, -0.05) is 19.1 Å². The number of alkyl halides is 2. The second-order valence-corrected chi connectivity index (χ2v) is 6.74. The summed E-state index contributed by atoms with van der Waals surface area (Å²) in [4.78, 5) is 23.0. The average molecular weight is 360 g/mol. The van der Waals surface area contributed by atoms with Crippen LogP contribution < -0.4 is 5.56 Å². The molecular formula is C17H14F2N4OS. The van der Waals surface area contributed by atoms with Crippen molar-refractivity contribution in [1.29, 1.82) is 0 Å². The standard InChI is InChI=1S/C17H14F2N4OS/c1-2-10-7-11-15(25-10)20-9-22(16(11)24)8-14-21-12-5-3-4-6-13(12)23(14)17(18)19/h3-7,9,17H,2,8H2,1H3. The van der Waals surface area contributed by atoms with E-state index in [0.29, 0.717) is 21.3 Å². The topological polar surface area (TPSA) is 52.7 Å². The van der Waals surface area contributed by atoms with Crippen LogP contribution in [0, 0.1) is 0 Å². The number of aryl methyl sites for hydroxylation is 1. The number of aromatic nitrogens is 4. The number of para-hydroxylation sites is 2. The van der Waals surface area contributed by atoms with Crippen LogP contribution in [0.5, 0.6) is 0 Å². The first kappa shape index (κ1) is 15.9. The number of hydrogen-bond donors (Lipinski definition) is 0. The first-order valence-corrected chi connectivity index (χ1v) is 8.62.